The summed E-state index contributed by atoms with van der Waals surface area (Å²) in [6, 6.07) is 3.43. The lowest BCUT2D eigenvalue weighted by atomic mass is 9.86. The molecule has 0 aliphatic carbocycles. The molecule has 30 heavy (non-hydrogen) atoms. The van der Waals surface area contributed by atoms with Crippen molar-refractivity contribution >= 4 is 16.9 Å². The molecule has 5 rings (SSSR count). The standard InChI is InChI=1S/C21H16F2N2O5/c1-2-21(29)13-4-17-18-10(6-25(17)19(27)12(13)8-30-20(21)28)11(7-26)9-3-14(22)15(23)5-16(9)24-18/h3-5,26,29H,2,6-8H2,1H3/t21-/m0/s1. The molecule has 0 spiro atoms. The van der Waals surface area contributed by atoms with Gasteiger partial charge in [0.1, 0.15) is 6.61 Å². The number of esters is 1. The lowest BCUT2D eigenvalue weighted by Crippen LogP contribution is -2.44. The molecule has 0 amide bonds. The minimum atomic E-state index is -1.96. The van der Waals surface area contributed by atoms with Crippen LogP contribution in [0.4, 0.5) is 8.78 Å². The van der Waals surface area contributed by atoms with E-state index in [-0.39, 0.29) is 41.6 Å². The van der Waals surface area contributed by atoms with E-state index >= 15 is 0 Å². The zero-order valence-corrected chi connectivity index (χ0v) is 15.8. The summed E-state index contributed by atoms with van der Waals surface area (Å²) < 4.78 is 34.0. The number of aliphatic hydroxyl groups excluding tert-OH is 1. The molecule has 2 aromatic heterocycles. The molecule has 4 heterocycles. The van der Waals surface area contributed by atoms with Gasteiger partial charge in [0.05, 0.1) is 35.6 Å². The molecular formula is C21H16F2N2O5. The number of fused-ring (bicyclic) bond motifs is 5. The number of nitrogens with zero attached hydrogens (tertiary/aromatic N) is 2. The van der Waals surface area contributed by atoms with E-state index in [0.717, 1.165) is 12.1 Å². The lowest BCUT2D eigenvalue weighted by Gasteiger charge is -2.31. The van der Waals surface area contributed by atoms with Gasteiger partial charge in [-0.05, 0) is 24.1 Å². The Kier molecular flexibility index (Phi) is 3.87. The second-order valence-electron chi connectivity index (χ2n) is 7.46. The van der Waals surface area contributed by atoms with Gasteiger partial charge in [-0.1, -0.05) is 6.92 Å². The maximum Gasteiger partial charge on any atom is 0.343 e. The molecule has 7 nitrogen and oxygen atoms in total. The summed E-state index contributed by atoms with van der Waals surface area (Å²) in [5.41, 5.74) is -0.476. The zero-order valence-electron chi connectivity index (χ0n) is 15.8. The molecule has 154 valence electrons. The number of carbonyl (C=O) groups is 1. The number of hydrogen-bond donors (Lipinski definition) is 2. The molecule has 1 atom stereocenters. The van der Waals surface area contributed by atoms with Crippen LogP contribution in [0, 0.1) is 11.6 Å². The number of cyclic esters (lactones) is 1. The first-order chi connectivity index (χ1) is 14.3. The minimum absolute atomic E-state index is 0.00606. The molecule has 0 saturated carbocycles. The largest absolute Gasteiger partial charge is 0.458 e. The fourth-order valence-corrected chi connectivity index (χ4v) is 4.34. The van der Waals surface area contributed by atoms with Crippen LogP contribution in [0.3, 0.4) is 0 Å². The smallest absolute Gasteiger partial charge is 0.343 e. The second-order valence-corrected chi connectivity index (χ2v) is 7.46. The molecular weight excluding hydrogens is 398 g/mol. The van der Waals surface area contributed by atoms with Crippen molar-refractivity contribution in [3.63, 3.8) is 0 Å². The van der Waals surface area contributed by atoms with Crippen LogP contribution in [0.25, 0.3) is 22.3 Å². The van der Waals surface area contributed by atoms with Gasteiger partial charge >= 0.3 is 5.97 Å². The summed E-state index contributed by atoms with van der Waals surface area (Å²) in [5.74, 6) is -2.98. The summed E-state index contributed by atoms with van der Waals surface area (Å²) in [6.07, 6.45) is 0.00606. The Morgan fingerprint density at radius 2 is 1.93 bits per heavy atom. The van der Waals surface area contributed by atoms with Gasteiger partial charge in [-0.15, -0.1) is 0 Å². The van der Waals surface area contributed by atoms with Crippen LogP contribution in [0.2, 0.25) is 0 Å². The number of hydrogen-bond acceptors (Lipinski definition) is 6. The number of pyridine rings is 2. The van der Waals surface area contributed by atoms with Gasteiger partial charge in [-0.25, -0.2) is 18.6 Å². The summed E-state index contributed by atoms with van der Waals surface area (Å²) >= 11 is 0. The van der Waals surface area contributed by atoms with Crippen LogP contribution in [0.5, 0.6) is 0 Å². The first-order valence-corrected chi connectivity index (χ1v) is 9.38. The van der Waals surface area contributed by atoms with Crippen LogP contribution < -0.4 is 5.56 Å². The van der Waals surface area contributed by atoms with E-state index in [1.54, 1.807) is 6.92 Å². The van der Waals surface area contributed by atoms with Gasteiger partial charge < -0.3 is 19.5 Å². The second kappa shape index (κ2) is 6.16. The zero-order chi connectivity index (χ0) is 21.4. The number of aliphatic hydroxyl groups is 2. The highest BCUT2D eigenvalue weighted by Crippen LogP contribution is 2.40. The number of benzene rings is 1. The van der Waals surface area contributed by atoms with Crippen molar-refractivity contribution in [3.8, 4) is 11.4 Å². The SMILES string of the molecule is CC[C@@]1(O)C(=O)OCc2c1cc1n(c2=O)Cc2c-1nc1cc(F)c(F)cc1c2CO. The number of aromatic nitrogens is 2. The van der Waals surface area contributed by atoms with Crippen molar-refractivity contribution in [2.24, 2.45) is 0 Å². The van der Waals surface area contributed by atoms with E-state index in [4.69, 9.17) is 4.74 Å². The maximum atomic E-state index is 13.8. The predicted octanol–water partition coefficient (Wildman–Crippen LogP) is 1.85. The predicted molar refractivity (Wildman–Crippen MR) is 100 cm³/mol. The summed E-state index contributed by atoms with van der Waals surface area (Å²) in [4.78, 5) is 29.8. The normalized spacial score (nSPS) is 19.4. The molecule has 2 aliphatic rings. The van der Waals surface area contributed by atoms with E-state index in [2.05, 4.69) is 4.98 Å². The van der Waals surface area contributed by atoms with Crippen LogP contribution in [0.1, 0.15) is 35.6 Å². The van der Waals surface area contributed by atoms with Crippen molar-refractivity contribution in [2.45, 2.75) is 38.7 Å². The summed E-state index contributed by atoms with van der Waals surface area (Å²) in [5, 5.41) is 21.1. The lowest BCUT2D eigenvalue weighted by molar-refractivity contribution is -0.172. The third-order valence-corrected chi connectivity index (χ3v) is 6.01. The minimum Gasteiger partial charge on any atom is -0.458 e. The van der Waals surface area contributed by atoms with Crippen molar-refractivity contribution in [3.05, 3.63) is 62.4 Å². The van der Waals surface area contributed by atoms with Gasteiger partial charge in [0.2, 0.25) is 0 Å². The Balaban J connectivity index is 1.84. The highest BCUT2D eigenvalue weighted by atomic mass is 19.2. The highest BCUT2D eigenvalue weighted by molar-refractivity contribution is 5.89. The first kappa shape index (κ1) is 18.8. The molecule has 1 aromatic carbocycles. The number of halogens is 2. The van der Waals surface area contributed by atoms with Gasteiger partial charge in [-0.3, -0.25) is 4.79 Å². The van der Waals surface area contributed by atoms with E-state index in [0.29, 0.717) is 22.5 Å². The van der Waals surface area contributed by atoms with Crippen LogP contribution >= 0.6 is 0 Å². The molecule has 0 unspecified atom stereocenters. The average molecular weight is 414 g/mol. The third-order valence-electron chi connectivity index (χ3n) is 6.01. The molecule has 0 saturated heterocycles. The summed E-state index contributed by atoms with van der Waals surface area (Å²) in [6.45, 7) is 0.940. The average Bonchev–Trinajstić information content (AvgIpc) is 3.09. The Hall–Kier alpha value is -3.17. The number of ether oxygens (including phenoxy) is 1. The Bertz CT molecular complexity index is 1330. The quantitative estimate of drug-likeness (QED) is 0.486. The Morgan fingerprint density at radius 1 is 1.20 bits per heavy atom. The summed E-state index contributed by atoms with van der Waals surface area (Å²) in [7, 11) is 0. The van der Waals surface area contributed by atoms with E-state index in [1.807, 2.05) is 0 Å². The van der Waals surface area contributed by atoms with Gasteiger partial charge in [-0.2, -0.15) is 0 Å². The van der Waals surface area contributed by atoms with Crippen molar-refractivity contribution in [2.75, 3.05) is 0 Å². The van der Waals surface area contributed by atoms with Crippen molar-refractivity contribution < 1.29 is 28.5 Å². The fourth-order valence-electron chi connectivity index (χ4n) is 4.34. The molecule has 9 heteroatoms. The molecule has 2 aliphatic heterocycles. The third kappa shape index (κ3) is 2.27. The van der Waals surface area contributed by atoms with E-state index in [9.17, 15) is 28.6 Å². The van der Waals surface area contributed by atoms with Crippen LogP contribution in [-0.2, 0) is 34.9 Å². The Labute approximate surface area is 168 Å². The van der Waals surface area contributed by atoms with E-state index in [1.165, 1.54) is 10.6 Å². The number of rotatable bonds is 2. The topological polar surface area (TPSA) is 102 Å². The monoisotopic (exact) mass is 414 g/mol. The Morgan fingerprint density at radius 3 is 2.63 bits per heavy atom. The van der Waals surface area contributed by atoms with Crippen molar-refractivity contribution in [1.82, 2.24) is 9.55 Å². The molecule has 2 N–H and O–H groups in total. The molecule has 0 radical (unpaired) electrons. The fraction of sp³-hybridized carbons (Fsp3) is 0.286. The van der Waals surface area contributed by atoms with E-state index < -0.39 is 35.4 Å². The van der Waals surface area contributed by atoms with Gasteiger partial charge in [0, 0.05) is 22.6 Å². The molecule has 0 fully saturated rings. The van der Waals surface area contributed by atoms with Crippen molar-refractivity contribution in [1.29, 1.82) is 0 Å². The first-order valence-electron chi connectivity index (χ1n) is 9.38. The van der Waals surface area contributed by atoms with Crippen LogP contribution in [-0.4, -0.2) is 25.7 Å². The van der Waals surface area contributed by atoms with Gasteiger partial charge in [0.25, 0.3) is 5.56 Å². The number of carbonyl (C=O) groups excluding carboxylic acids is 1. The maximum absolute atomic E-state index is 13.8. The van der Waals surface area contributed by atoms with Gasteiger partial charge in [0.15, 0.2) is 17.2 Å². The highest BCUT2D eigenvalue weighted by Gasteiger charge is 2.45. The molecule has 0 bridgehead atoms. The molecule has 3 aromatic rings. The van der Waals surface area contributed by atoms with Crippen LogP contribution in [0.15, 0.2) is 23.0 Å².